The van der Waals surface area contributed by atoms with Crippen molar-refractivity contribution in [2.75, 3.05) is 5.32 Å². The number of anilines is 1. The number of benzene rings is 2. The first-order valence-electron chi connectivity index (χ1n) is 6.37. The van der Waals surface area contributed by atoms with E-state index in [0.717, 1.165) is 11.1 Å². The zero-order chi connectivity index (χ0) is 14.5. The second-order valence-corrected chi connectivity index (χ2v) is 5.09. The Morgan fingerprint density at radius 2 is 1.75 bits per heavy atom. The number of aliphatic hydroxyl groups is 1. The molecule has 0 aliphatic heterocycles. The fourth-order valence-electron chi connectivity index (χ4n) is 1.84. The number of rotatable bonds is 4. The van der Waals surface area contributed by atoms with Crippen LogP contribution in [0.2, 0.25) is 5.02 Å². The SMILES string of the molecule is C[C@@H](O)c1ccc(NC(=O)Cc2ccc(Cl)cc2)cc1. The van der Waals surface area contributed by atoms with Gasteiger partial charge in [-0.05, 0) is 42.3 Å². The van der Waals surface area contributed by atoms with Gasteiger partial charge >= 0.3 is 0 Å². The van der Waals surface area contributed by atoms with Gasteiger partial charge in [0.15, 0.2) is 0 Å². The molecule has 2 aromatic carbocycles. The Morgan fingerprint density at radius 1 is 1.15 bits per heavy atom. The quantitative estimate of drug-likeness (QED) is 0.904. The fraction of sp³-hybridized carbons (Fsp3) is 0.188. The van der Waals surface area contributed by atoms with Gasteiger partial charge in [0.2, 0.25) is 5.91 Å². The van der Waals surface area contributed by atoms with Crippen molar-refractivity contribution < 1.29 is 9.90 Å². The summed E-state index contributed by atoms with van der Waals surface area (Å²) in [5.74, 6) is -0.0860. The van der Waals surface area contributed by atoms with Gasteiger partial charge in [0.05, 0.1) is 12.5 Å². The van der Waals surface area contributed by atoms with Gasteiger partial charge < -0.3 is 10.4 Å². The second kappa shape index (κ2) is 6.55. The van der Waals surface area contributed by atoms with Crippen LogP contribution in [0.3, 0.4) is 0 Å². The molecule has 0 radical (unpaired) electrons. The number of aliphatic hydroxyl groups excluding tert-OH is 1. The van der Waals surface area contributed by atoms with Gasteiger partial charge in [-0.3, -0.25) is 4.79 Å². The second-order valence-electron chi connectivity index (χ2n) is 4.65. The van der Waals surface area contributed by atoms with Gasteiger partial charge in [0.25, 0.3) is 0 Å². The Hall–Kier alpha value is -1.84. The van der Waals surface area contributed by atoms with E-state index in [4.69, 9.17) is 11.6 Å². The van der Waals surface area contributed by atoms with E-state index in [9.17, 15) is 9.90 Å². The first-order chi connectivity index (χ1) is 9.54. The smallest absolute Gasteiger partial charge is 0.228 e. The van der Waals surface area contributed by atoms with E-state index >= 15 is 0 Å². The van der Waals surface area contributed by atoms with Crippen LogP contribution in [-0.2, 0) is 11.2 Å². The minimum absolute atomic E-state index is 0.0860. The van der Waals surface area contributed by atoms with Crippen LogP contribution >= 0.6 is 11.6 Å². The summed E-state index contributed by atoms with van der Waals surface area (Å²) < 4.78 is 0. The number of carbonyl (C=O) groups is 1. The van der Waals surface area contributed by atoms with Gasteiger partial charge in [0.1, 0.15) is 0 Å². The van der Waals surface area contributed by atoms with Crippen LogP contribution < -0.4 is 5.32 Å². The molecule has 0 aromatic heterocycles. The lowest BCUT2D eigenvalue weighted by atomic mass is 10.1. The van der Waals surface area contributed by atoms with Crippen LogP contribution in [0.25, 0.3) is 0 Å². The van der Waals surface area contributed by atoms with E-state index in [2.05, 4.69) is 5.32 Å². The third-order valence-corrected chi connectivity index (χ3v) is 3.21. The minimum Gasteiger partial charge on any atom is -0.389 e. The molecular formula is C16H16ClNO2. The highest BCUT2D eigenvalue weighted by atomic mass is 35.5. The summed E-state index contributed by atoms with van der Waals surface area (Å²) in [4.78, 5) is 11.9. The topological polar surface area (TPSA) is 49.3 Å². The van der Waals surface area contributed by atoms with Crippen LogP contribution in [0.4, 0.5) is 5.69 Å². The van der Waals surface area contributed by atoms with Crippen molar-refractivity contribution in [1.29, 1.82) is 0 Å². The summed E-state index contributed by atoms with van der Waals surface area (Å²) in [5, 5.41) is 12.9. The van der Waals surface area contributed by atoms with Crippen LogP contribution in [0, 0.1) is 0 Å². The molecule has 0 spiro atoms. The predicted molar refractivity (Wildman–Crippen MR) is 80.9 cm³/mol. The molecule has 2 aromatic rings. The summed E-state index contributed by atoms with van der Waals surface area (Å²) in [5.41, 5.74) is 2.45. The molecule has 1 atom stereocenters. The van der Waals surface area contributed by atoms with Crippen LogP contribution in [0.1, 0.15) is 24.2 Å². The monoisotopic (exact) mass is 289 g/mol. The van der Waals surface area contributed by atoms with E-state index in [0.29, 0.717) is 17.1 Å². The van der Waals surface area contributed by atoms with E-state index in [-0.39, 0.29) is 5.91 Å². The van der Waals surface area contributed by atoms with Crippen molar-refractivity contribution in [3.05, 3.63) is 64.7 Å². The van der Waals surface area contributed by atoms with Crippen LogP contribution in [0.15, 0.2) is 48.5 Å². The maximum Gasteiger partial charge on any atom is 0.228 e. The molecule has 3 nitrogen and oxygen atoms in total. The highest BCUT2D eigenvalue weighted by Gasteiger charge is 2.05. The lowest BCUT2D eigenvalue weighted by molar-refractivity contribution is -0.115. The lowest BCUT2D eigenvalue weighted by Crippen LogP contribution is -2.14. The molecule has 2 rings (SSSR count). The van der Waals surface area contributed by atoms with Gasteiger partial charge in [0, 0.05) is 10.7 Å². The zero-order valence-corrected chi connectivity index (χ0v) is 11.9. The number of nitrogens with one attached hydrogen (secondary N) is 1. The molecule has 0 saturated heterocycles. The Kier molecular flexibility index (Phi) is 4.77. The van der Waals surface area contributed by atoms with Crippen molar-refractivity contribution in [2.45, 2.75) is 19.4 Å². The molecule has 0 aliphatic carbocycles. The number of halogens is 1. The molecule has 0 bridgehead atoms. The highest BCUT2D eigenvalue weighted by molar-refractivity contribution is 6.30. The molecule has 4 heteroatoms. The fourth-order valence-corrected chi connectivity index (χ4v) is 1.96. The predicted octanol–water partition coefficient (Wildman–Crippen LogP) is 3.57. The molecule has 0 aliphatic rings. The molecule has 20 heavy (non-hydrogen) atoms. The number of hydrogen-bond donors (Lipinski definition) is 2. The molecular weight excluding hydrogens is 274 g/mol. The number of carbonyl (C=O) groups excluding carboxylic acids is 1. The maximum absolute atomic E-state index is 11.9. The Balaban J connectivity index is 1.95. The largest absolute Gasteiger partial charge is 0.389 e. The Morgan fingerprint density at radius 3 is 2.30 bits per heavy atom. The normalized spacial score (nSPS) is 11.9. The first kappa shape index (κ1) is 14.6. The maximum atomic E-state index is 11.9. The zero-order valence-electron chi connectivity index (χ0n) is 11.1. The molecule has 0 unspecified atom stereocenters. The van der Waals surface area contributed by atoms with Crippen molar-refractivity contribution in [1.82, 2.24) is 0 Å². The van der Waals surface area contributed by atoms with Gasteiger partial charge in [-0.15, -0.1) is 0 Å². The Labute approximate surface area is 123 Å². The minimum atomic E-state index is -0.506. The summed E-state index contributed by atoms with van der Waals surface area (Å²) in [6, 6.07) is 14.3. The van der Waals surface area contributed by atoms with Crippen molar-refractivity contribution in [3.63, 3.8) is 0 Å². The standard InChI is InChI=1S/C16H16ClNO2/c1-11(19)13-4-8-15(9-5-13)18-16(20)10-12-2-6-14(17)7-3-12/h2-9,11,19H,10H2,1H3,(H,18,20)/t11-/m1/s1. The van der Waals surface area contributed by atoms with Crippen molar-refractivity contribution in [3.8, 4) is 0 Å². The van der Waals surface area contributed by atoms with Gasteiger partial charge in [-0.25, -0.2) is 0 Å². The summed E-state index contributed by atoms with van der Waals surface area (Å²) in [6.45, 7) is 1.70. The average molecular weight is 290 g/mol. The molecule has 1 amide bonds. The summed E-state index contributed by atoms with van der Waals surface area (Å²) >= 11 is 5.80. The number of hydrogen-bond acceptors (Lipinski definition) is 2. The molecule has 104 valence electrons. The van der Waals surface area contributed by atoms with Crippen LogP contribution in [0.5, 0.6) is 0 Å². The van der Waals surface area contributed by atoms with E-state index in [1.54, 1.807) is 43.3 Å². The van der Waals surface area contributed by atoms with Crippen LogP contribution in [-0.4, -0.2) is 11.0 Å². The van der Waals surface area contributed by atoms with E-state index < -0.39 is 6.10 Å². The summed E-state index contributed by atoms with van der Waals surface area (Å²) in [7, 11) is 0. The van der Waals surface area contributed by atoms with E-state index in [1.165, 1.54) is 0 Å². The molecule has 0 fully saturated rings. The third-order valence-electron chi connectivity index (χ3n) is 2.95. The molecule has 0 heterocycles. The Bertz CT molecular complexity index is 576. The molecule has 0 saturated carbocycles. The highest BCUT2D eigenvalue weighted by Crippen LogP contribution is 2.16. The van der Waals surface area contributed by atoms with Gasteiger partial charge in [-0.1, -0.05) is 35.9 Å². The average Bonchev–Trinajstić information content (AvgIpc) is 2.42. The number of amides is 1. The van der Waals surface area contributed by atoms with Crippen molar-refractivity contribution >= 4 is 23.2 Å². The van der Waals surface area contributed by atoms with E-state index in [1.807, 2.05) is 12.1 Å². The first-order valence-corrected chi connectivity index (χ1v) is 6.75. The summed E-state index contributed by atoms with van der Waals surface area (Å²) in [6.07, 6.45) is -0.205. The van der Waals surface area contributed by atoms with Gasteiger partial charge in [-0.2, -0.15) is 0 Å². The molecule has 2 N–H and O–H groups in total. The third kappa shape index (κ3) is 4.08. The lowest BCUT2D eigenvalue weighted by Gasteiger charge is -2.08. The van der Waals surface area contributed by atoms with Crippen molar-refractivity contribution in [2.24, 2.45) is 0 Å².